The number of anilines is 1. The molecule has 2 aromatic carbocycles. The summed E-state index contributed by atoms with van der Waals surface area (Å²) >= 11 is 0. The van der Waals surface area contributed by atoms with Crippen LogP contribution in [0.3, 0.4) is 0 Å². The van der Waals surface area contributed by atoms with Gasteiger partial charge in [-0.1, -0.05) is 18.2 Å². The van der Waals surface area contributed by atoms with Gasteiger partial charge in [0.15, 0.2) is 0 Å². The molecule has 0 radical (unpaired) electrons. The van der Waals surface area contributed by atoms with Crippen molar-refractivity contribution in [3.63, 3.8) is 0 Å². The Morgan fingerprint density at radius 2 is 1.66 bits per heavy atom. The van der Waals surface area contributed by atoms with E-state index < -0.39 is 11.8 Å². The molecule has 0 heterocycles. The van der Waals surface area contributed by atoms with Gasteiger partial charge < -0.3 is 10.2 Å². The molecular weight excluding hydrogens is 368 g/mol. The van der Waals surface area contributed by atoms with E-state index in [-0.39, 0.29) is 5.91 Å². The van der Waals surface area contributed by atoms with Crippen molar-refractivity contribution in [2.75, 3.05) is 19.0 Å². The highest BCUT2D eigenvalue weighted by Crippen LogP contribution is 2.19. The fourth-order valence-corrected chi connectivity index (χ4v) is 2.57. The van der Waals surface area contributed by atoms with E-state index in [9.17, 15) is 14.4 Å². The van der Waals surface area contributed by atoms with Crippen LogP contribution in [0.15, 0.2) is 54.6 Å². The molecule has 7 nitrogen and oxygen atoms in total. The van der Waals surface area contributed by atoms with E-state index >= 15 is 0 Å². The number of hydrogen-bond acceptors (Lipinski definition) is 4. The molecule has 2 aromatic rings. The molecule has 29 heavy (non-hydrogen) atoms. The summed E-state index contributed by atoms with van der Waals surface area (Å²) in [5.41, 5.74) is 7.44. The molecule has 0 saturated heterocycles. The molecule has 7 heteroatoms. The second kappa shape index (κ2) is 9.05. The summed E-state index contributed by atoms with van der Waals surface area (Å²) in [6, 6.07) is 14.3. The number of hydrogen-bond donors (Lipinski definition) is 3. The lowest BCUT2D eigenvalue weighted by Crippen LogP contribution is -2.40. The molecule has 0 aliphatic heterocycles. The third kappa shape index (κ3) is 5.93. The summed E-state index contributed by atoms with van der Waals surface area (Å²) in [4.78, 5) is 38.0. The molecular formula is C22H24N4O3. The van der Waals surface area contributed by atoms with Crippen LogP contribution in [0.25, 0.3) is 6.08 Å². The topological polar surface area (TPSA) is 90.5 Å². The maximum atomic E-state index is 12.2. The number of nitrogens with zero attached hydrogens (tertiary/aromatic N) is 1. The molecule has 0 unspecified atom stereocenters. The Kier molecular flexibility index (Phi) is 6.29. The number of carbonyl (C=O) groups is 3. The molecule has 1 saturated carbocycles. The van der Waals surface area contributed by atoms with Crippen molar-refractivity contribution in [2.24, 2.45) is 0 Å². The van der Waals surface area contributed by atoms with E-state index in [4.69, 9.17) is 0 Å². The summed E-state index contributed by atoms with van der Waals surface area (Å²) in [6.07, 6.45) is 5.01. The summed E-state index contributed by atoms with van der Waals surface area (Å²) in [5, 5.41) is 2.93. The van der Waals surface area contributed by atoms with Gasteiger partial charge in [0.1, 0.15) is 0 Å². The van der Waals surface area contributed by atoms with Crippen LogP contribution >= 0.6 is 0 Å². The van der Waals surface area contributed by atoms with Gasteiger partial charge in [-0.3, -0.25) is 25.2 Å². The fraction of sp³-hybridized carbons (Fsp3) is 0.227. The van der Waals surface area contributed by atoms with Crippen molar-refractivity contribution in [3.8, 4) is 0 Å². The molecule has 0 spiro atoms. The molecule has 1 fully saturated rings. The van der Waals surface area contributed by atoms with E-state index in [0.29, 0.717) is 17.2 Å². The van der Waals surface area contributed by atoms with Crippen LogP contribution in [0.5, 0.6) is 0 Å². The largest absolute Gasteiger partial charge is 0.378 e. The minimum Gasteiger partial charge on any atom is -0.378 e. The Labute approximate surface area is 169 Å². The first-order valence-electron chi connectivity index (χ1n) is 9.39. The Balaban J connectivity index is 1.49. The maximum Gasteiger partial charge on any atom is 0.269 e. The van der Waals surface area contributed by atoms with E-state index in [2.05, 4.69) is 16.2 Å². The Morgan fingerprint density at radius 3 is 2.31 bits per heavy atom. The van der Waals surface area contributed by atoms with Crippen molar-refractivity contribution in [3.05, 3.63) is 71.3 Å². The highest BCUT2D eigenvalue weighted by atomic mass is 16.2. The minimum atomic E-state index is -0.460. The average Bonchev–Trinajstić information content (AvgIpc) is 3.54. The maximum absolute atomic E-state index is 12.2. The lowest BCUT2D eigenvalue weighted by molar-refractivity contribution is -0.117. The first-order valence-corrected chi connectivity index (χ1v) is 9.39. The third-order valence-electron chi connectivity index (χ3n) is 4.44. The van der Waals surface area contributed by atoms with Crippen LogP contribution in [0, 0.1) is 0 Å². The molecule has 0 aromatic heterocycles. The predicted octanol–water partition coefficient (Wildman–Crippen LogP) is 2.12. The zero-order valence-corrected chi connectivity index (χ0v) is 16.4. The molecule has 3 rings (SSSR count). The predicted molar refractivity (Wildman–Crippen MR) is 112 cm³/mol. The second-order valence-electron chi connectivity index (χ2n) is 7.09. The van der Waals surface area contributed by atoms with Gasteiger partial charge in [-0.25, -0.2) is 0 Å². The van der Waals surface area contributed by atoms with Crippen LogP contribution in [-0.4, -0.2) is 37.9 Å². The lowest BCUT2D eigenvalue weighted by Gasteiger charge is -2.13. The first kappa shape index (κ1) is 20.1. The van der Waals surface area contributed by atoms with Gasteiger partial charge in [-0.15, -0.1) is 0 Å². The Bertz CT molecular complexity index is 931. The van der Waals surface area contributed by atoms with Gasteiger partial charge in [-0.05, 0) is 54.8 Å². The van der Waals surface area contributed by atoms with Crippen LogP contribution in [-0.2, 0) is 4.79 Å². The molecule has 0 bridgehead atoms. The molecule has 1 aliphatic rings. The van der Waals surface area contributed by atoms with Crippen molar-refractivity contribution in [2.45, 2.75) is 18.9 Å². The SMILES string of the molecule is CN(C)c1cccc(C(=O)NNC(=O)/C=C/c2ccc(C(=O)NC3CC3)cc2)c1. The summed E-state index contributed by atoms with van der Waals surface area (Å²) in [6.45, 7) is 0. The van der Waals surface area contributed by atoms with Gasteiger partial charge in [-0.2, -0.15) is 0 Å². The molecule has 150 valence electrons. The average molecular weight is 392 g/mol. The van der Waals surface area contributed by atoms with Crippen molar-refractivity contribution in [1.29, 1.82) is 0 Å². The normalized spacial score (nSPS) is 13.0. The van der Waals surface area contributed by atoms with Gasteiger partial charge in [0.05, 0.1) is 0 Å². The van der Waals surface area contributed by atoms with Gasteiger partial charge >= 0.3 is 0 Å². The van der Waals surface area contributed by atoms with Crippen molar-refractivity contribution < 1.29 is 14.4 Å². The fourth-order valence-electron chi connectivity index (χ4n) is 2.57. The van der Waals surface area contributed by atoms with Crippen molar-refractivity contribution in [1.82, 2.24) is 16.2 Å². The quantitative estimate of drug-likeness (QED) is 0.519. The van der Waals surface area contributed by atoms with E-state index in [1.165, 1.54) is 6.08 Å². The summed E-state index contributed by atoms with van der Waals surface area (Å²) in [7, 11) is 3.77. The number of carbonyl (C=O) groups excluding carboxylic acids is 3. The smallest absolute Gasteiger partial charge is 0.269 e. The lowest BCUT2D eigenvalue weighted by atomic mass is 10.1. The molecule has 3 N–H and O–H groups in total. The third-order valence-corrected chi connectivity index (χ3v) is 4.44. The highest BCUT2D eigenvalue weighted by Gasteiger charge is 2.23. The summed E-state index contributed by atoms with van der Waals surface area (Å²) < 4.78 is 0. The summed E-state index contributed by atoms with van der Waals surface area (Å²) in [5.74, 6) is -0.944. The Hall–Kier alpha value is -3.61. The van der Waals surface area contributed by atoms with Crippen LogP contribution in [0.2, 0.25) is 0 Å². The second-order valence-corrected chi connectivity index (χ2v) is 7.09. The number of benzene rings is 2. The van der Waals surface area contributed by atoms with Gasteiger partial charge in [0, 0.05) is 43.0 Å². The monoisotopic (exact) mass is 392 g/mol. The number of hydrazine groups is 1. The Morgan fingerprint density at radius 1 is 0.931 bits per heavy atom. The highest BCUT2D eigenvalue weighted by molar-refractivity contribution is 5.98. The minimum absolute atomic E-state index is 0.0816. The molecule has 3 amide bonds. The van der Waals surface area contributed by atoms with E-state index in [1.54, 1.807) is 48.5 Å². The van der Waals surface area contributed by atoms with Crippen LogP contribution in [0.4, 0.5) is 5.69 Å². The van der Waals surface area contributed by atoms with Gasteiger partial charge in [0.2, 0.25) is 0 Å². The van der Waals surface area contributed by atoms with Gasteiger partial charge in [0.25, 0.3) is 17.7 Å². The van der Waals surface area contributed by atoms with Crippen LogP contribution < -0.4 is 21.1 Å². The number of nitrogens with one attached hydrogen (secondary N) is 3. The van der Waals surface area contributed by atoms with E-state index in [0.717, 1.165) is 24.1 Å². The molecule has 1 aliphatic carbocycles. The number of amides is 3. The zero-order chi connectivity index (χ0) is 20.8. The van der Waals surface area contributed by atoms with E-state index in [1.807, 2.05) is 25.1 Å². The first-order chi connectivity index (χ1) is 13.9. The molecule has 0 atom stereocenters. The number of rotatable bonds is 6. The standard InChI is InChI=1S/C22H24N4O3/c1-26(2)19-5-3-4-17(14-19)22(29)25-24-20(27)13-8-15-6-9-16(10-7-15)21(28)23-18-11-12-18/h3-10,13-14,18H,11-12H2,1-2H3,(H,23,28)(H,24,27)(H,25,29)/b13-8+. The zero-order valence-electron chi connectivity index (χ0n) is 16.4. The van der Waals surface area contributed by atoms with Crippen LogP contribution in [0.1, 0.15) is 39.1 Å². The van der Waals surface area contributed by atoms with Crippen molar-refractivity contribution >= 4 is 29.5 Å².